The van der Waals surface area contributed by atoms with Gasteiger partial charge in [0.1, 0.15) is 5.01 Å². The fourth-order valence-electron chi connectivity index (χ4n) is 2.69. The fraction of sp³-hybridized carbons (Fsp3) is 0.250. The van der Waals surface area contributed by atoms with E-state index in [1.807, 2.05) is 47.8 Å². The molecule has 1 atom stereocenters. The molecule has 3 aromatic rings. The molecule has 1 unspecified atom stereocenters. The Hall–Kier alpha value is -2.24. The van der Waals surface area contributed by atoms with E-state index in [1.165, 1.54) is 11.3 Å². The molecule has 4 nitrogen and oxygen atoms in total. The maximum Gasteiger partial charge on any atom is 0.226 e. The molecular formula is C20H20ClN3OS. The van der Waals surface area contributed by atoms with Crippen molar-refractivity contribution in [2.45, 2.75) is 26.3 Å². The summed E-state index contributed by atoms with van der Waals surface area (Å²) in [4.78, 5) is 21.4. The molecule has 26 heavy (non-hydrogen) atoms. The summed E-state index contributed by atoms with van der Waals surface area (Å²) in [6.45, 7) is 4.17. The van der Waals surface area contributed by atoms with Crippen molar-refractivity contribution < 1.29 is 4.79 Å². The average molecular weight is 386 g/mol. The van der Waals surface area contributed by atoms with Gasteiger partial charge in [0.25, 0.3) is 0 Å². The van der Waals surface area contributed by atoms with Crippen molar-refractivity contribution in [3.05, 3.63) is 70.3 Å². The Morgan fingerprint density at radius 1 is 1.19 bits per heavy atom. The second kappa shape index (κ2) is 8.43. The molecule has 134 valence electrons. The summed E-state index contributed by atoms with van der Waals surface area (Å²) in [6, 6.07) is 13.2. The van der Waals surface area contributed by atoms with Crippen molar-refractivity contribution in [2.75, 3.05) is 0 Å². The number of carbonyl (C=O) groups is 1. The molecule has 3 rings (SSSR count). The third-order valence-corrected chi connectivity index (χ3v) is 5.16. The molecule has 6 heteroatoms. The van der Waals surface area contributed by atoms with Crippen LogP contribution in [0.4, 0.5) is 0 Å². The zero-order valence-electron chi connectivity index (χ0n) is 14.6. The van der Waals surface area contributed by atoms with E-state index in [0.717, 1.165) is 22.0 Å². The summed E-state index contributed by atoms with van der Waals surface area (Å²) >= 11 is 7.46. The quantitative estimate of drug-likeness (QED) is 0.655. The van der Waals surface area contributed by atoms with Crippen LogP contribution in [0.15, 0.2) is 54.0 Å². The molecule has 1 amide bonds. The first kappa shape index (κ1) is 18.5. The van der Waals surface area contributed by atoms with E-state index in [2.05, 4.69) is 29.1 Å². The number of rotatable bonds is 6. The van der Waals surface area contributed by atoms with E-state index < -0.39 is 0 Å². The van der Waals surface area contributed by atoms with Gasteiger partial charge in [0.05, 0.1) is 23.9 Å². The van der Waals surface area contributed by atoms with Crippen LogP contribution in [0.5, 0.6) is 0 Å². The molecule has 0 saturated carbocycles. The first-order chi connectivity index (χ1) is 12.5. The average Bonchev–Trinajstić information content (AvgIpc) is 3.09. The van der Waals surface area contributed by atoms with Crippen LogP contribution in [0.1, 0.15) is 31.1 Å². The standard InChI is InChI=1S/C20H20ClN3OS/c1-13(2)19(14-6-8-15(21)9-7-14)24-18(25)11-16-12-26-20(23-16)17-5-3-4-10-22-17/h3-10,12-13,19H,11H2,1-2H3,(H,24,25). The number of carbonyl (C=O) groups excluding carboxylic acids is 1. The number of hydrogen-bond acceptors (Lipinski definition) is 4. The van der Waals surface area contributed by atoms with Crippen molar-refractivity contribution in [1.29, 1.82) is 0 Å². The minimum Gasteiger partial charge on any atom is -0.349 e. The van der Waals surface area contributed by atoms with Crippen molar-refractivity contribution in [3.8, 4) is 10.7 Å². The summed E-state index contributed by atoms with van der Waals surface area (Å²) in [5.41, 5.74) is 2.63. The van der Waals surface area contributed by atoms with Crippen LogP contribution >= 0.6 is 22.9 Å². The summed E-state index contributed by atoms with van der Waals surface area (Å²) in [6.07, 6.45) is 1.99. The normalized spacial score (nSPS) is 12.2. The lowest BCUT2D eigenvalue weighted by Gasteiger charge is -2.23. The molecule has 1 N–H and O–H groups in total. The molecular weight excluding hydrogens is 366 g/mol. The number of nitrogens with zero attached hydrogens (tertiary/aromatic N) is 2. The highest BCUT2D eigenvalue weighted by Gasteiger charge is 2.19. The Kier molecular flexibility index (Phi) is 6.01. The van der Waals surface area contributed by atoms with Gasteiger partial charge < -0.3 is 5.32 Å². The molecule has 0 aliphatic rings. The predicted molar refractivity (Wildman–Crippen MR) is 106 cm³/mol. The Morgan fingerprint density at radius 2 is 1.96 bits per heavy atom. The van der Waals surface area contributed by atoms with Crippen LogP contribution in [0.2, 0.25) is 5.02 Å². The zero-order valence-corrected chi connectivity index (χ0v) is 16.2. The largest absolute Gasteiger partial charge is 0.349 e. The van der Waals surface area contributed by atoms with E-state index >= 15 is 0 Å². The van der Waals surface area contributed by atoms with Gasteiger partial charge in [0.15, 0.2) is 0 Å². The minimum absolute atomic E-state index is 0.0449. The number of nitrogens with one attached hydrogen (secondary N) is 1. The van der Waals surface area contributed by atoms with Gasteiger partial charge in [-0.2, -0.15) is 0 Å². The van der Waals surface area contributed by atoms with Gasteiger partial charge in [-0.05, 0) is 35.7 Å². The molecule has 0 saturated heterocycles. The van der Waals surface area contributed by atoms with E-state index in [0.29, 0.717) is 5.02 Å². The van der Waals surface area contributed by atoms with E-state index in [9.17, 15) is 4.79 Å². The maximum atomic E-state index is 12.5. The lowest BCUT2D eigenvalue weighted by molar-refractivity contribution is -0.121. The van der Waals surface area contributed by atoms with Gasteiger partial charge in [-0.1, -0.05) is 43.6 Å². The smallest absolute Gasteiger partial charge is 0.226 e. The predicted octanol–water partition coefficient (Wildman–Crippen LogP) is 4.91. The van der Waals surface area contributed by atoms with Crippen LogP contribution < -0.4 is 5.32 Å². The van der Waals surface area contributed by atoms with Crippen LogP contribution in [0.25, 0.3) is 10.7 Å². The second-order valence-electron chi connectivity index (χ2n) is 6.38. The minimum atomic E-state index is -0.0614. The summed E-state index contributed by atoms with van der Waals surface area (Å²) in [5.74, 6) is 0.219. The lowest BCUT2D eigenvalue weighted by atomic mass is 9.96. The summed E-state index contributed by atoms with van der Waals surface area (Å²) in [5, 5.41) is 6.54. The highest BCUT2D eigenvalue weighted by atomic mass is 35.5. The van der Waals surface area contributed by atoms with E-state index in [4.69, 9.17) is 11.6 Å². The Bertz CT molecular complexity index is 862. The van der Waals surface area contributed by atoms with Crippen LogP contribution in [-0.2, 0) is 11.2 Å². The maximum absolute atomic E-state index is 12.5. The van der Waals surface area contributed by atoms with Crippen molar-refractivity contribution in [1.82, 2.24) is 15.3 Å². The van der Waals surface area contributed by atoms with Crippen LogP contribution in [0.3, 0.4) is 0 Å². The Balaban J connectivity index is 1.67. The van der Waals surface area contributed by atoms with Gasteiger partial charge in [-0.15, -0.1) is 11.3 Å². The molecule has 2 heterocycles. The van der Waals surface area contributed by atoms with Crippen LogP contribution in [0, 0.1) is 5.92 Å². The summed E-state index contributed by atoms with van der Waals surface area (Å²) < 4.78 is 0. The molecule has 0 radical (unpaired) electrons. The number of benzene rings is 1. The molecule has 2 aromatic heterocycles. The molecule has 1 aromatic carbocycles. The number of aromatic nitrogens is 2. The van der Waals surface area contributed by atoms with E-state index in [-0.39, 0.29) is 24.3 Å². The van der Waals surface area contributed by atoms with Gasteiger partial charge in [0, 0.05) is 16.6 Å². The molecule has 0 fully saturated rings. The second-order valence-corrected chi connectivity index (χ2v) is 7.67. The first-order valence-electron chi connectivity index (χ1n) is 8.43. The number of pyridine rings is 1. The zero-order chi connectivity index (χ0) is 18.5. The van der Waals surface area contributed by atoms with Gasteiger partial charge in [-0.3, -0.25) is 9.78 Å². The van der Waals surface area contributed by atoms with Crippen molar-refractivity contribution in [3.63, 3.8) is 0 Å². The summed E-state index contributed by atoms with van der Waals surface area (Å²) in [7, 11) is 0. The SMILES string of the molecule is CC(C)C(NC(=O)Cc1csc(-c2ccccn2)n1)c1ccc(Cl)cc1. The van der Waals surface area contributed by atoms with Crippen molar-refractivity contribution in [2.24, 2.45) is 5.92 Å². The van der Waals surface area contributed by atoms with Gasteiger partial charge in [0.2, 0.25) is 5.91 Å². The van der Waals surface area contributed by atoms with Gasteiger partial charge >= 0.3 is 0 Å². The topological polar surface area (TPSA) is 54.9 Å². The van der Waals surface area contributed by atoms with Crippen molar-refractivity contribution >= 4 is 28.8 Å². The number of halogens is 1. The Morgan fingerprint density at radius 3 is 2.62 bits per heavy atom. The first-order valence-corrected chi connectivity index (χ1v) is 9.69. The molecule has 0 aliphatic carbocycles. The number of thiazole rings is 1. The fourth-order valence-corrected chi connectivity index (χ4v) is 3.61. The molecule has 0 aliphatic heterocycles. The highest BCUT2D eigenvalue weighted by Crippen LogP contribution is 2.24. The molecule has 0 bridgehead atoms. The number of hydrogen-bond donors (Lipinski definition) is 1. The van der Waals surface area contributed by atoms with Crippen LogP contribution in [-0.4, -0.2) is 15.9 Å². The molecule has 0 spiro atoms. The monoisotopic (exact) mass is 385 g/mol. The third kappa shape index (κ3) is 4.68. The lowest BCUT2D eigenvalue weighted by Crippen LogP contribution is -2.32. The third-order valence-electron chi connectivity index (χ3n) is 3.99. The van der Waals surface area contributed by atoms with E-state index in [1.54, 1.807) is 6.20 Å². The number of amides is 1. The highest BCUT2D eigenvalue weighted by molar-refractivity contribution is 7.13. The van der Waals surface area contributed by atoms with Gasteiger partial charge in [-0.25, -0.2) is 4.98 Å². The Labute approximate surface area is 162 Å².